The lowest BCUT2D eigenvalue weighted by Crippen LogP contribution is -2.34. The molecule has 0 radical (unpaired) electrons. The highest BCUT2D eigenvalue weighted by Gasteiger charge is 2.31. The molecule has 0 spiro atoms. The van der Waals surface area contributed by atoms with Gasteiger partial charge in [-0.25, -0.2) is 0 Å². The van der Waals surface area contributed by atoms with Gasteiger partial charge >= 0.3 is 0 Å². The summed E-state index contributed by atoms with van der Waals surface area (Å²) >= 11 is 0. The minimum absolute atomic E-state index is 0.138. The minimum Gasteiger partial charge on any atom is -0.355 e. The van der Waals surface area contributed by atoms with Crippen LogP contribution in [0.5, 0.6) is 0 Å². The summed E-state index contributed by atoms with van der Waals surface area (Å²) in [4.78, 5) is 0. The molecule has 0 unspecified atom stereocenters. The van der Waals surface area contributed by atoms with E-state index in [-0.39, 0.29) is 5.92 Å². The molecule has 0 saturated carbocycles. The number of hydrogen-bond donors (Lipinski definition) is 0. The van der Waals surface area contributed by atoms with E-state index in [1.54, 1.807) is 28.4 Å². The zero-order valence-electron chi connectivity index (χ0n) is 10.8. The summed E-state index contributed by atoms with van der Waals surface area (Å²) in [6, 6.07) is 9.89. The predicted molar refractivity (Wildman–Crippen MR) is 64.8 cm³/mol. The van der Waals surface area contributed by atoms with Crippen molar-refractivity contribution >= 4 is 0 Å². The molecule has 17 heavy (non-hydrogen) atoms. The largest absolute Gasteiger partial charge is 0.355 e. The molecular weight excluding hydrogens is 220 g/mol. The zero-order valence-corrected chi connectivity index (χ0v) is 10.8. The lowest BCUT2D eigenvalue weighted by Gasteiger charge is -2.30. The number of rotatable bonds is 7. The standard InChI is InChI=1S/C13H20O4/c1-14-12(15-2)11(13(16-3)17-4)10-8-6-5-7-9-10/h5-9,11-13H,1-4H3. The van der Waals surface area contributed by atoms with Gasteiger partial charge in [-0.05, 0) is 5.56 Å². The Kier molecular flexibility index (Phi) is 6.15. The van der Waals surface area contributed by atoms with E-state index < -0.39 is 12.6 Å². The molecule has 1 aromatic rings. The van der Waals surface area contributed by atoms with Crippen molar-refractivity contribution in [1.82, 2.24) is 0 Å². The van der Waals surface area contributed by atoms with Crippen molar-refractivity contribution < 1.29 is 18.9 Å². The van der Waals surface area contributed by atoms with Gasteiger partial charge in [0.05, 0.1) is 5.92 Å². The van der Waals surface area contributed by atoms with Crippen LogP contribution in [0.15, 0.2) is 30.3 Å². The lowest BCUT2D eigenvalue weighted by atomic mass is 9.97. The first-order valence-electron chi connectivity index (χ1n) is 5.44. The van der Waals surface area contributed by atoms with Gasteiger partial charge < -0.3 is 18.9 Å². The molecule has 0 aliphatic rings. The van der Waals surface area contributed by atoms with Crippen molar-refractivity contribution in [2.75, 3.05) is 28.4 Å². The number of ether oxygens (including phenoxy) is 4. The van der Waals surface area contributed by atoms with Crippen molar-refractivity contribution in [2.24, 2.45) is 0 Å². The van der Waals surface area contributed by atoms with Gasteiger partial charge in [-0.15, -0.1) is 0 Å². The number of hydrogen-bond acceptors (Lipinski definition) is 4. The van der Waals surface area contributed by atoms with Crippen LogP contribution in [0.2, 0.25) is 0 Å². The normalized spacial score (nSPS) is 11.7. The zero-order chi connectivity index (χ0) is 12.7. The molecule has 0 N–H and O–H groups in total. The van der Waals surface area contributed by atoms with E-state index in [1.807, 2.05) is 30.3 Å². The Balaban J connectivity index is 3.01. The molecule has 0 atom stereocenters. The summed E-state index contributed by atoms with van der Waals surface area (Å²) in [5.41, 5.74) is 1.05. The Bertz CT molecular complexity index is 282. The lowest BCUT2D eigenvalue weighted by molar-refractivity contribution is -0.196. The second-order valence-corrected chi connectivity index (χ2v) is 3.62. The van der Waals surface area contributed by atoms with Gasteiger partial charge in [-0.1, -0.05) is 30.3 Å². The Hall–Kier alpha value is -0.940. The fourth-order valence-corrected chi connectivity index (χ4v) is 1.90. The van der Waals surface area contributed by atoms with Gasteiger partial charge in [0, 0.05) is 28.4 Å². The van der Waals surface area contributed by atoms with Crippen molar-refractivity contribution in [3.63, 3.8) is 0 Å². The van der Waals surface area contributed by atoms with Gasteiger partial charge in [-0.3, -0.25) is 0 Å². The molecule has 0 aliphatic heterocycles. The molecular formula is C13H20O4. The molecule has 0 amide bonds. The SMILES string of the molecule is COC(OC)C(c1ccccc1)C(OC)OC. The second kappa shape index (κ2) is 7.40. The summed E-state index contributed by atoms with van der Waals surface area (Å²) in [5, 5.41) is 0. The average molecular weight is 240 g/mol. The predicted octanol–water partition coefficient (Wildman–Crippen LogP) is 2.01. The summed E-state index contributed by atoms with van der Waals surface area (Å²) in [6.45, 7) is 0. The van der Waals surface area contributed by atoms with E-state index in [1.165, 1.54) is 0 Å². The summed E-state index contributed by atoms with van der Waals surface area (Å²) in [5.74, 6) is -0.138. The monoisotopic (exact) mass is 240 g/mol. The fraction of sp³-hybridized carbons (Fsp3) is 0.538. The van der Waals surface area contributed by atoms with Gasteiger partial charge in [0.1, 0.15) is 0 Å². The molecule has 1 aromatic carbocycles. The number of methoxy groups -OCH3 is 4. The summed E-state index contributed by atoms with van der Waals surface area (Å²) in [7, 11) is 6.41. The maximum absolute atomic E-state index is 5.32. The second-order valence-electron chi connectivity index (χ2n) is 3.62. The van der Waals surface area contributed by atoms with Crippen LogP contribution >= 0.6 is 0 Å². The van der Waals surface area contributed by atoms with Crippen LogP contribution in [0.25, 0.3) is 0 Å². The summed E-state index contributed by atoms with van der Waals surface area (Å²) in [6.07, 6.45) is -0.829. The molecule has 0 fully saturated rings. The Labute approximate surface area is 102 Å². The van der Waals surface area contributed by atoms with Crippen LogP contribution in [0, 0.1) is 0 Å². The topological polar surface area (TPSA) is 36.9 Å². The third-order valence-electron chi connectivity index (χ3n) is 2.70. The maximum atomic E-state index is 5.32. The fourth-order valence-electron chi connectivity index (χ4n) is 1.90. The molecule has 0 saturated heterocycles. The highest BCUT2D eigenvalue weighted by molar-refractivity contribution is 5.21. The molecule has 4 heteroatoms. The number of benzene rings is 1. The molecule has 4 nitrogen and oxygen atoms in total. The third kappa shape index (κ3) is 3.51. The van der Waals surface area contributed by atoms with Gasteiger partial charge in [-0.2, -0.15) is 0 Å². The minimum atomic E-state index is -0.415. The Morgan fingerprint density at radius 2 is 1.12 bits per heavy atom. The first-order chi connectivity index (χ1) is 8.28. The molecule has 96 valence electrons. The van der Waals surface area contributed by atoms with Crippen LogP contribution in [-0.2, 0) is 18.9 Å². The van der Waals surface area contributed by atoms with E-state index >= 15 is 0 Å². The highest BCUT2D eigenvalue weighted by Crippen LogP contribution is 2.28. The van der Waals surface area contributed by atoms with Crippen molar-refractivity contribution in [3.05, 3.63) is 35.9 Å². The molecule has 0 aliphatic carbocycles. The van der Waals surface area contributed by atoms with Crippen molar-refractivity contribution in [1.29, 1.82) is 0 Å². The molecule has 0 bridgehead atoms. The maximum Gasteiger partial charge on any atom is 0.168 e. The first kappa shape index (κ1) is 14.1. The average Bonchev–Trinajstić information content (AvgIpc) is 2.40. The van der Waals surface area contributed by atoms with Gasteiger partial charge in [0.2, 0.25) is 0 Å². The van der Waals surface area contributed by atoms with Gasteiger partial charge in [0.15, 0.2) is 12.6 Å². The third-order valence-corrected chi connectivity index (χ3v) is 2.70. The summed E-state index contributed by atoms with van der Waals surface area (Å²) < 4.78 is 21.3. The molecule has 0 aromatic heterocycles. The van der Waals surface area contributed by atoms with Crippen LogP contribution in [0.3, 0.4) is 0 Å². The van der Waals surface area contributed by atoms with E-state index in [9.17, 15) is 0 Å². The van der Waals surface area contributed by atoms with Crippen molar-refractivity contribution in [3.8, 4) is 0 Å². The van der Waals surface area contributed by atoms with E-state index in [4.69, 9.17) is 18.9 Å². The highest BCUT2D eigenvalue weighted by atomic mass is 16.7. The van der Waals surface area contributed by atoms with Crippen LogP contribution in [0.1, 0.15) is 11.5 Å². The smallest absolute Gasteiger partial charge is 0.168 e. The quantitative estimate of drug-likeness (QED) is 0.683. The molecule has 1 rings (SSSR count). The molecule has 0 heterocycles. The van der Waals surface area contributed by atoms with Crippen LogP contribution in [0.4, 0.5) is 0 Å². The Morgan fingerprint density at radius 1 is 0.706 bits per heavy atom. The van der Waals surface area contributed by atoms with E-state index in [0.29, 0.717) is 0 Å². The van der Waals surface area contributed by atoms with Crippen LogP contribution in [-0.4, -0.2) is 41.0 Å². The van der Waals surface area contributed by atoms with E-state index in [0.717, 1.165) is 5.56 Å². The van der Waals surface area contributed by atoms with Gasteiger partial charge in [0.25, 0.3) is 0 Å². The van der Waals surface area contributed by atoms with E-state index in [2.05, 4.69) is 0 Å². The van der Waals surface area contributed by atoms with Crippen LogP contribution < -0.4 is 0 Å². The Morgan fingerprint density at radius 3 is 1.47 bits per heavy atom. The van der Waals surface area contributed by atoms with Crippen molar-refractivity contribution in [2.45, 2.75) is 18.5 Å². The first-order valence-corrected chi connectivity index (χ1v) is 5.44.